The number of hydrogen-bond acceptors (Lipinski definition) is 4. The maximum absolute atomic E-state index is 12.4. The SMILES string of the molecule is Cc1ccc(C(=O)C(C#N)C(=O)CC2CCOC2)c(C)c1. The van der Waals surface area contributed by atoms with E-state index in [0.717, 1.165) is 17.5 Å². The van der Waals surface area contributed by atoms with Crippen molar-refractivity contribution in [3.8, 4) is 6.07 Å². The molecule has 1 aromatic rings. The number of nitriles is 1. The van der Waals surface area contributed by atoms with Gasteiger partial charge >= 0.3 is 0 Å². The fourth-order valence-corrected chi connectivity index (χ4v) is 2.67. The van der Waals surface area contributed by atoms with Crippen LogP contribution in [0.5, 0.6) is 0 Å². The minimum Gasteiger partial charge on any atom is -0.381 e. The molecular formula is C17H19NO3. The second-order valence-electron chi connectivity index (χ2n) is 5.64. The highest BCUT2D eigenvalue weighted by molar-refractivity contribution is 6.13. The zero-order valence-electron chi connectivity index (χ0n) is 12.4. The van der Waals surface area contributed by atoms with Crippen LogP contribution >= 0.6 is 0 Å². The number of nitrogens with zero attached hydrogens (tertiary/aromatic N) is 1. The Morgan fingerprint density at radius 1 is 1.43 bits per heavy atom. The third kappa shape index (κ3) is 3.56. The molecule has 0 spiro atoms. The Balaban J connectivity index is 2.14. The number of benzene rings is 1. The summed E-state index contributed by atoms with van der Waals surface area (Å²) in [7, 11) is 0. The van der Waals surface area contributed by atoms with Gasteiger partial charge < -0.3 is 4.74 Å². The highest BCUT2D eigenvalue weighted by Crippen LogP contribution is 2.22. The number of aryl methyl sites for hydroxylation is 2. The standard InChI is InChI=1S/C17H19NO3/c1-11-3-4-14(12(2)7-11)17(20)15(9-18)16(19)8-13-5-6-21-10-13/h3-4,7,13,15H,5-6,8,10H2,1-2H3. The first-order valence-corrected chi connectivity index (χ1v) is 7.14. The number of rotatable bonds is 5. The molecule has 2 atom stereocenters. The number of carbonyl (C=O) groups excluding carboxylic acids is 2. The lowest BCUT2D eigenvalue weighted by molar-refractivity contribution is -0.121. The third-order valence-electron chi connectivity index (χ3n) is 3.87. The van der Waals surface area contributed by atoms with E-state index in [1.165, 1.54) is 0 Å². The van der Waals surface area contributed by atoms with E-state index in [1.54, 1.807) is 6.07 Å². The molecule has 2 unspecified atom stereocenters. The average Bonchev–Trinajstić information content (AvgIpc) is 2.92. The van der Waals surface area contributed by atoms with Gasteiger partial charge in [0, 0.05) is 25.2 Å². The third-order valence-corrected chi connectivity index (χ3v) is 3.87. The molecule has 1 saturated heterocycles. The van der Waals surface area contributed by atoms with Crippen molar-refractivity contribution in [2.24, 2.45) is 11.8 Å². The lowest BCUT2D eigenvalue weighted by atomic mass is 9.87. The van der Waals surface area contributed by atoms with Crippen LogP contribution in [0.25, 0.3) is 0 Å². The van der Waals surface area contributed by atoms with Crippen LogP contribution in [0, 0.1) is 37.0 Å². The molecule has 1 aromatic carbocycles. The predicted molar refractivity (Wildman–Crippen MR) is 77.9 cm³/mol. The second kappa shape index (κ2) is 6.64. The summed E-state index contributed by atoms with van der Waals surface area (Å²) in [5.41, 5.74) is 2.31. The van der Waals surface area contributed by atoms with Gasteiger partial charge in [-0.15, -0.1) is 0 Å². The summed E-state index contributed by atoms with van der Waals surface area (Å²) in [5, 5.41) is 9.22. The van der Waals surface area contributed by atoms with E-state index in [9.17, 15) is 14.9 Å². The molecule has 1 aliphatic rings. The number of Topliss-reactive ketones (excluding diaryl/α,β-unsaturated/α-hetero) is 2. The molecule has 1 aliphatic heterocycles. The Morgan fingerprint density at radius 3 is 2.76 bits per heavy atom. The molecule has 0 aromatic heterocycles. The smallest absolute Gasteiger partial charge is 0.187 e. The monoisotopic (exact) mass is 285 g/mol. The van der Waals surface area contributed by atoms with E-state index < -0.39 is 5.92 Å². The Labute approximate surface area is 124 Å². The van der Waals surface area contributed by atoms with Crippen molar-refractivity contribution in [2.75, 3.05) is 13.2 Å². The van der Waals surface area contributed by atoms with Gasteiger partial charge in [-0.25, -0.2) is 0 Å². The van der Waals surface area contributed by atoms with Gasteiger partial charge in [-0.2, -0.15) is 5.26 Å². The van der Waals surface area contributed by atoms with E-state index >= 15 is 0 Å². The van der Waals surface area contributed by atoms with E-state index in [2.05, 4.69) is 0 Å². The van der Waals surface area contributed by atoms with E-state index in [1.807, 2.05) is 32.0 Å². The number of ketones is 2. The molecule has 4 heteroatoms. The number of ether oxygens (including phenoxy) is 1. The van der Waals surface area contributed by atoms with Crippen LogP contribution in [0.4, 0.5) is 0 Å². The highest BCUT2D eigenvalue weighted by atomic mass is 16.5. The Hall–Kier alpha value is -1.99. The summed E-state index contributed by atoms with van der Waals surface area (Å²) in [5.74, 6) is -1.75. The zero-order chi connectivity index (χ0) is 15.4. The van der Waals surface area contributed by atoms with E-state index in [-0.39, 0.29) is 23.9 Å². The first-order valence-electron chi connectivity index (χ1n) is 7.14. The molecule has 0 bridgehead atoms. The highest BCUT2D eigenvalue weighted by Gasteiger charge is 2.31. The van der Waals surface area contributed by atoms with E-state index in [4.69, 9.17) is 4.74 Å². The quantitative estimate of drug-likeness (QED) is 0.616. The fraction of sp³-hybridized carbons (Fsp3) is 0.471. The molecule has 1 fully saturated rings. The first-order chi connectivity index (χ1) is 10.0. The van der Waals surface area contributed by atoms with Crippen molar-refractivity contribution in [3.05, 3.63) is 34.9 Å². The number of carbonyl (C=O) groups is 2. The van der Waals surface area contributed by atoms with Crippen LogP contribution in [-0.4, -0.2) is 24.8 Å². The van der Waals surface area contributed by atoms with Crippen LogP contribution < -0.4 is 0 Å². The molecule has 4 nitrogen and oxygen atoms in total. The van der Waals surface area contributed by atoms with E-state index in [0.29, 0.717) is 18.8 Å². The number of hydrogen-bond donors (Lipinski definition) is 0. The lowest BCUT2D eigenvalue weighted by Gasteiger charge is -2.12. The second-order valence-corrected chi connectivity index (χ2v) is 5.64. The van der Waals surface area contributed by atoms with Crippen LogP contribution in [-0.2, 0) is 9.53 Å². The van der Waals surface area contributed by atoms with Gasteiger partial charge in [-0.3, -0.25) is 9.59 Å². The predicted octanol–water partition coefficient (Wildman–Crippen LogP) is 2.62. The maximum atomic E-state index is 12.4. The molecule has 0 amide bonds. The summed E-state index contributed by atoms with van der Waals surface area (Å²) in [6.45, 7) is 4.96. The van der Waals surface area contributed by atoms with Crippen LogP contribution in [0.1, 0.15) is 34.3 Å². The molecule has 1 heterocycles. The van der Waals surface area contributed by atoms with Crippen LogP contribution in [0.3, 0.4) is 0 Å². The molecule has 110 valence electrons. The summed E-state index contributed by atoms with van der Waals surface area (Å²) < 4.78 is 5.23. The van der Waals surface area contributed by atoms with Crippen molar-refractivity contribution in [1.82, 2.24) is 0 Å². The van der Waals surface area contributed by atoms with Crippen LogP contribution in [0.2, 0.25) is 0 Å². The van der Waals surface area contributed by atoms with Crippen molar-refractivity contribution in [2.45, 2.75) is 26.7 Å². The molecule has 2 rings (SSSR count). The van der Waals surface area contributed by atoms with Gasteiger partial charge in [0.1, 0.15) is 0 Å². The van der Waals surface area contributed by atoms with Crippen molar-refractivity contribution in [3.63, 3.8) is 0 Å². The fourth-order valence-electron chi connectivity index (χ4n) is 2.67. The molecule has 0 saturated carbocycles. The lowest BCUT2D eigenvalue weighted by Crippen LogP contribution is -2.25. The first kappa shape index (κ1) is 15.4. The molecular weight excluding hydrogens is 266 g/mol. The molecule has 0 aliphatic carbocycles. The summed E-state index contributed by atoms with van der Waals surface area (Å²) in [6, 6.07) is 7.28. The zero-order valence-corrected chi connectivity index (χ0v) is 12.4. The van der Waals surface area contributed by atoms with Gasteiger partial charge in [0.15, 0.2) is 17.5 Å². The van der Waals surface area contributed by atoms with Gasteiger partial charge in [0.2, 0.25) is 0 Å². The topological polar surface area (TPSA) is 67.2 Å². The average molecular weight is 285 g/mol. The van der Waals surface area contributed by atoms with Crippen molar-refractivity contribution in [1.29, 1.82) is 5.26 Å². The van der Waals surface area contributed by atoms with Crippen molar-refractivity contribution < 1.29 is 14.3 Å². The minimum atomic E-state index is -1.20. The minimum absolute atomic E-state index is 0.139. The molecule has 0 N–H and O–H groups in total. The summed E-state index contributed by atoms with van der Waals surface area (Å²) in [6.07, 6.45) is 1.07. The van der Waals surface area contributed by atoms with Gasteiger partial charge in [0.05, 0.1) is 6.07 Å². The Bertz CT molecular complexity index is 595. The maximum Gasteiger partial charge on any atom is 0.187 e. The summed E-state index contributed by atoms with van der Waals surface area (Å²) >= 11 is 0. The van der Waals surface area contributed by atoms with Gasteiger partial charge in [0.25, 0.3) is 0 Å². The van der Waals surface area contributed by atoms with Crippen molar-refractivity contribution >= 4 is 11.6 Å². The normalized spacial score (nSPS) is 19.0. The van der Waals surface area contributed by atoms with Gasteiger partial charge in [-0.1, -0.05) is 23.8 Å². The Kier molecular flexibility index (Phi) is 4.87. The molecule has 21 heavy (non-hydrogen) atoms. The Morgan fingerprint density at radius 2 is 2.19 bits per heavy atom. The molecule has 0 radical (unpaired) electrons. The van der Waals surface area contributed by atoms with Gasteiger partial charge in [-0.05, 0) is 31.7 Å². The summed E-state index contributed by atoms with van der Waals surface area (Å²) in [4.78, 5) is 24.7. The van der Waals surface area contributed by atoms with Crippen LogP contribution in [0.15, 0.2) is 18.2 Å². The largest absolute Gasteiger partial charge is 0.381 e.